The molecule has 0 spiro atoms. The van der Waals surface area contributed by atoms with Crippen LogP contribution >= 0.6 is 31.9 Å². The molecule has 0 aliphatic rings. The van der Waals surface area contributed by atoms with E-state index in [2.05, 4.69) is 37.2 Å². The minimum atomic E-state index is -0.0825. The molecule has 1 amide bonds. The molecular weight excluding hydrogens is 358 g/mol. The molecule has 4 heteroatoms. The van der Waals surface area contributed by atoms with E-state index < -0.39 is 0 Å². The maximum Gasteiger partial charge on any atom is 0.251 e. The summed E-state index contributed by atoms with van der Waals surface area (Å²) in [5.74, 6) is -0.0825. The first-order valence-corrected chi connectivity index (χ1v) is 7.02. The molecule has 0 aromatic heterocycles. The number of benzene rings is 2. The van der Waals surface area contributed by atoms with E-state index in [0.29, 0.717) is 12.1 Å². The summed E-state index contributed by atoms with van der Waals surface area (Å²) in [5, 5.41) is 2.89. The fourth-order valence-corrected chi connectivity index (χ4v) is 2.86. The second-order valence-electron chi connectivity index (χ2n) is 3.83. The summed E-state index contributed by atoms with van der Waals surface area (Å²) >= 11 is 6.73. The van der Waals surface area contributed by atoms with Crippen LogP contribution in [0.5, 0.6) is 0 Å². The highest BCUT2D eigenvalue weighted by molar-refractivity contribution is 9.11. The van der Waals surface area contributed by atoms with Crippen LogP contribution in [0.3, 0.4) is 0 Å². The molecule has 0 atom stereocenters. The van der Waals surface area contributed by atoms with Gasteiger partial charge in [0.1, 0.15) is 0 Å². The maximum absolute atomic E-state index is 12.0. The van der Waals surface area contributed by atoms with Crippen molar-refractivity contribution in [2.45, 2.75) is 6.54 Å². The molecule has 0 fully saturated rings. The molecule has 0 radical (unpaired) electrons. The first-order chi connectivity index (χ1) is 8.65. The normalized spacial score (nSPS) is 10.1. The number of amides is 1. The van der Waals surface area contributed by atoms with Crippen LogP contribution in [0, 0.1) is 0 Å². The van der Waals surface area contributed by atoms with Crippen molar-refractivity contribution >= 4 is 37.8 Å². The van der Waals surface area contributed by atoms with Gasteiger partial charge in [-0.2, -0.15) is 0 Å². The fraction of sp³-hybridized carbons (Fsp3) is 0.0714. The van der Waals surface area contributed by atoms with Gasteiger partial charge in [-0.15, -0.1) is 0 Å². The van der Waals surface area contributed by atoms with Crippen molar-refractivity contribution in [2.24, 2.45) is 0 Å². The Bertz CT molecular complexity index is 535. The first-order valence-electron chi connectivity index (χ1n) is 5.43. The van der Waals surface area contributed by atoms with E-state index in [1.54, 1.807) is 12.1 Å². The highest BCUT2D eigenvalue weighted by Gasteiger charge is 2.07. The van der Waals surface area contributed by atoms with Crippen LogP contribution in [0.2, 0.25) is 0 Å². The molecule has 0 saturated heterocycles. The molecule has 92 valence electrons. The molecule has 2 rings (SSSR count). The summed E-state index contributed by atoms with van der Waals surface area (Å²) in [6.45, 7) is 0.532. The van der Waals surface area contributed by atoms with Crippen LogP contribution in [-0.2, 0) is 6.54 Å². The predicted octanol–water partition coefficient (Wildman–Crippen LogP) is 4.14. The molecule has 0 heterocycles. The number of nitrogens with one attached hydrogen (secondary N) is 1. The summed E-state index contributed by atoms with van der Waals surface area (Å²) in [5.41, 5.74) is 1.71. The van der Waals surface area contributed by atoms with Crippen molar-refractivity contribution < 1.29 is 4.79 Å². The molecule has 0 unspecified atom stereocenters. The SMILES string of the molecule is O=C(NCc1ccccc1)c1cc(Br)cc(Br)c1. The van der Waals surface area contributed by atoms with Crippen LogP contribution < -0.4 is 5.32 Å². The molecule has 0 saturated carbocycles. The molecule has 2 aromatic rings. The van der Waals surface area contributed by atoms with E-state index in [9.17, 15) is 4.79 Å². The van der Waals surface area contributed by atoms with Crippen molar-refractivity contribution in [1.29, 1.82) is 0 Å². The molecule has 0 aliphatic carbocycles. The van der Waals surface area contributed by atoms with Crippen LogP contribution in [0.15, 0.2) is 57.5 Å². The van der Waals surface area contributed by atoms with Gasteiger partial charge >= 0.3 is 0 Å². The van der Waals surface area contributed by atoms with Crippen molar-refractivity contribution in [2.75, 3.05) is 0 Å². The number of hydrogen-bond acceptors (Lipinski definition) is 1. The van der Waals surface area contributed by atoms with Gasteiger partial charge in [-0.1, -0.05) is 62.2 Å². The Morgan fingerprint density at radius 3 is 2.22 bits per heavy atom. The Hall–Kier alpha value is -1.13. The average molecular weight is 369 g/mol. The van der Waals surface area contributed by atoms with Crippen molar-refractivity contribution in [3.63, 3.8) is 0 Å². The summed E-state index contributed by atoms with van der Waals surface area (Å²) < 4.78 is 1.75. The van der Waals surface area contributed by atoms with Crippen molar-refractivity contribution in [3.05, 3.63) is 68.6 Å². The minimum Gasteiger partial charge on any atom is -0.348 e. The largest absolute Gasteiger partial charge is 0.348 e. The van der Waals surface area contributed by atoms with Crippen molar-refractivity contribution in [1.82, 2.24) is 5.32 Å². The lowest BCUT2D eigenvalue weighted by Crippen LogP contribution is -2.22. The Morgan fingerprint density at radius 1 is 1.00 bits per heavy atom. The number of carbonyl (C=O) groups is 1. The average Bonchev–Trinajstić information content (AvgIpc) is 2.36. The van der Waals surface area contributed by atoms with Gasteiger partial charge in [-0.25, -0.2) is 0 Å². The Balaban J connectivity index is 2.04. The highest BCUT2D eigenvalue weighted by atomic mass is 79.9. The zero-order valence-corrected chi connectivity index (χ0v) is 12.7. The van der Waals surface area contributed by atoms with Gasteiger partial charge in [0.15, 0.2) is 0 Å². The van der Waals surface area contributed by atoms with Crippen LogP contribution in [0.1, 0.15) is 15.9 Å². The maximum atomic E-state index is 12.0. The summed E-state index contributed by atoms with van der Waals surface area (Å²) in [6, 6.07) is 15.3. The lowest BCUT2D eigenvalue weighted by molar-refractivity contribution is 0.0951. The van der Waals surface area contributed by atoms with Crippen LogP contribution in [-0.4, -0.2) is 5.91 Å². The van der Waals surface area contributed by atoms with E-state index >= 15 is 0 Å². The Kier molecular flexibility index (Phi) is 4.55. The van der Waals surface area contributed by atoms with Gasteiger partial charge in [-0.3, -0.25) is 4.79 Å². The number of hydrogen-bond donors (Lipinski definition) is 1. The van der Waals surface area contributed by atoms with Crippen LogP contribution in [0.4, 0.5) is 0 Å². The summed E-state index contributed by atoms with van der Waals surface area (Å²) in [4.78, 5) is 12.0. The Labute approximate surface area is 123 Å². The van der Waals surface area contributed by atoms with Crippen LogP contribution in [0.25, 0.3) is 0 Å². The number of rotatable bonds is 3. The molecule has 2 nitrogen and oxygen atoms in total. The summed E-state index contributed by atoms with van der Waals surface area (Å²) in [7, 11) is 0. The predicted molar refractivity (Wildman–Crippen MR) is 79.5 cm³/mol. The lowest BCUT2D eigenvalue weighted by atomic mass is 10.2. The zero-order chi connectivity index (χ0) is 13.0. The van der Waals surface area contributed by atoms with Gasteiger partial charge in [0.05, 0.1) is 0 Å². The third kappa shape index (κ3) is 3.68. The Morgan fingerprint density at radius 2 is 1.61 bits per heavy atom. The van der Waals surface area contributed by atoms with E-state index in [-0.39, 0.29) is 5.91 Å². The standard InChI is InChI=1S/C14H11Br2NO/c15-12-6-11(7-13(16)8-12)14(18)17-9-10-4-2-1-3-5-10/h1-8H,9H2,(H,17,18). The van der Waals surface area contributed by atoms with E-state index in [1.165, 1.54) is 0 Å². The van der Waals surface area contributed by atoms with Gasteiger partial charge < -0.3 is 5.32 Å². The number of carbonyl (C=O) groups excluding carboxylic acids is 1. The monoisotopic (exact) mass is 367 g/mol. The third-order valence-electron chi connectivity index (χ3n) is 2.42. The zero-order valence-electron chi connectivity index (χ0n) is 9.49. The quantitative estimate of drug-likeness (QED) is 0.866. The lowest BCUT2D eigenvalue weighted by Gasteiger charge is -2.06. The molecule has 2 aromatic carbocycles. The first kappa shape index (κ1) is 13.3. The number of halogens is 2. The van der Waals surface area contributed by atoms with E-state index in [0.717, 1.165) is 14.5 Å². The minimum absolute atomic E-state index is 0.0825. The van der Waals surface area contributed by atoms with E-state index in [4.69, 9.17) is 0 Å². The molecule has 0 bridgehead atoms. The fourth-order valence-electron chi connectivity index (χ4n) is 1.57. The second-order valence-corrected chi connectivity index (χ2v) is 5.66. The third-order valence-corrected chi connectivity index (χ3v) is 3.34. The topological polar surface area (TPSA) is 29.1 Å². The van der Waals surface area contributed by atoms with Gasteiger partial charge in [0, 0.05) is 21.1 Å². The highest BCUT2D eigenvalue weighted by Crippen LogP contribution is 2.20. The van der Waals surface area contributed by atoms with Gasteiger partial charge in [0.25, 0.3) is 5.91 Å². The summed E-state index contributed by atoms with van der Waals surface area (Å²) in [6.07, 6.45) is 0. The van der Waals surface area contributed by atoms with E-state index in [1.807, 2.05) is 36.4 Å². The smallest absolute Gasteiger partial charge is 0.251 e. The molecule has 18 heavy (non-hydrogen) atoms. The molecule has 0 aliphatic heterocycles. The molecule has 1 N–H and O–H groups in total. The van der Waals surface area contributed by atoms with Gasteiger partial charge in [0.2, 0.25) is 0 Å². The second kappa shape index (κ2) is 6.16. The molecular formula is C14H11Br2NO. The van der Waals surface area contributed by atoms with Gasteiger partial charge in [-0.05, 0) is 23.8 Å². The van der Waals surface area contributed by atoms with Crippen molar-refractivity contribution in [3.8, 4) is 0 Å².